The summed E-state index contributed by atoms with van der Waals surface area (Å²) < 4.78 is 1.90. The Morgan fingerprint density at radius 3 is 2.62 bits per heavy atom. The van der Waals surface area contributed by atoms with Crippen LogP contribution in [0.2, 0.25) is 0 Å². The van der Waals surface area contributed by atoms with E-state index >= 15 is 0 Å². The molecule has 2 N–H and O–H groups in total. The second kappa shape index (κ2) is 6.83. The van der Waals surface area contributed by atoms with Crippen LogP contribution in [0.5, 0.6) is 0 Å². The van der Waals surface area contributed by atoms with Gasteiger partial charge < -0.3 is 10.6 Å². The van der Waals surface area contributed by atoms with Crippen LogP contribution in [0.3, 0.4) is 0 Å². The van der Waals surface area contributed by atoms with Crippen LogP contribution in [0.4, 0.5) is 0 Å². The van der Waals surface area contributed by atoms with Crippen molar-refractivity contribution < 1.29 is 4.79 Å². The molecule has 0 bridgehead atoms. The predicted molar refractivity (Wildman–Crippen MR) is 100 cm³/mol. The Balaban J connectivity index is 1.50. The summed E-state index contributed by atoms with van der Waals surface area (Å²) in [6.45, 7) is 6.28. The van der Waals surface area contributed by atoms with E-state index in [9.17, 15) is 4.79 Å². The first-order valence-electron chi connectivity index (χ1n) is 9.57. The molecule has 138 valence electrons. The summed E-state index contributed by atoms with van der Waals surface area (Å²) in [6.07, 6.45) is 3.94. The molecule has 1 aromatic carbocycles. The van der Waals surface area contributed by atoms with E-state index in [-0.39, 0.29) is 18.0 Å². The van der Waals surface area contributed by atoms with Crippen LogP contribution in [-0.2, 0) is 4.79 Å². The molecule has 2 fully saturated rings. The molecule has 6 heteroatoms. The molecule has 1 saturated carbocycles. The summed E-state index contributed by atoms with van der Waals surface area (Å²) in [5, 5.41) is 15.7. The first kappa shape index (κ1) is 17.2. The van der Waals surface area contributed by atoms with Gasteiger partial charge in [0.1, 0.15) is 5.69 Å². The van der Waals surface area contributed by atoms with E-state index in [0.717, 1.165) is 23.5 Å². The minimum atomic E-state index is 0.0930. The average Bonchev–Trinajstić information content (AvgIpc) is 3.40. The van der Waals surface area contributed by atoms with Crippen molar-refractivity contribution in [1.29, 1.82) is 0 Å². The molecular weight excluding hydrogens is 326 g/mol. The van der Waals surface area contributed by atoms with E-state index < -0.39 is 0 Å². The lowest BCUT2D eigenvalue weighted by atomic mass is 9.93. The number of carbonyl (C=O) groups is 1. The SMILES string of the molecule is Cc1ccc(-n2nnc(C(C)NC3CCC(=O)NC3C3CC3)c2C)cc1. The van der Waals surface area contributed by atoms with E-state index in [0.29, 0.717) is 18.4 Å². The Hall–Kier alpha value is -2.21. The third kappa shape index (κ3) is 3.38. The van der Waals surface area contributed by atoms with Crippen molar-refractivity contribution in [3.8, 4) is 5.69 Å². The lowest BCUT2D eigenvalue weighted by molar-refractivity contribution is -0.124. The number of aromatic nitrogens is 3. The quantitative estimate of drug-likeness (QED) is 0.867. The number of hydrogen-bond acceptors (Lipinski definition) is 4. The van der Waals surface area contributed by atoms with Crippen molar-refractivity contribution in [2.45, 2.75) is 64.6 Å². The number of nitrogens with one attached hydrogen (secondary N) is 2. The highest BCUT2D eigenvalue weighted by molar-refractivity contribution is 5.77. The van der Waals surface area contributed by atoms with E-state index in [1.807, 2.05) is 4.68 Å². The summed E-state index contributed by atoms with van der Waals surface area (Å²) in [4.78, 5) is 11.8. The Labute approximate surface area is 154 Å². The number of aryl methyl sites for hydroxylation is 1. The molecule has 3 atom stereocenters. The molecule has 2 aromatic rings. The van der Waals surface area contributed by atoms with Crippen molar-refractivity contribution in [2.75, 3.05) is 0 Å². The number of carbonyl (C=O) groups excluding carboxylic acids is 1. The molecule has 4 rings (SSSR count). The van der Waals surface area contributed by atoms with Gasteiger partial charge in [-0.3, -0.25) is 4.79 Å². The van der Waals surface area contributed by atoms with Crippen molar-refractivity contribution in [3.63, 3.8) is 0 Å². The smallest absolute Gasteiger partial charge is 0.220 e. The fourth-order valence-corrected chi connectivity index (χ4v) is 3.99. The molecule has 1 amide bonds. The fourth-order valence-electron chi connectivity index (χ4n) is 3.99. The van der Waals surface area contributed by atoms with Crippen LogP contribution in [0, 0.1) is 19.8 Å². The summed E-state index contributed by atoms with van der Waals surface area (Å²) >= 11 is 0. The highest BCUT2D eigenvalue weighted by Crippen LogP contribution is 2.36. The van der Waals surface area contributed by atoms with Crippen LogP contribution in [0.1, 0.15) is 55.6 Å². The van der Waals surface area contributed by atoms with Crippen LogP contribution in [0.25, 0.3) is 5.69 Å². The van der Waals surface area contributed by atoms with E-state index in [4.69, 9.17) is 0 Å². The largest absolute Gasteiger partial charge is 0.352 e. The minimum Gasteiger partial charge on any atom is -0.352 e. The number of amides is 1. The zero-order valence-corrected chi connectivity index (χ0v) is 15.7. The van der Waals surface area contributed by atoms with Crippen LogP contribution in [-0.4, -0.2) is 33.0 Å². The number of piperidine rings is 1. The molecule has 1 aliphatic carbocycles. The van der Waals surface area contributed by atoms with Crippen molar-refractivity contribution >= 4 is 5.91 Å². The van der Waals surface area contributed by atoms with Crippen molar-refractivity contribution in [1.82, 2.24) is 25.6 Å². The van der Waals surface area contributed by atoms with Gasteiger partial charge in [0, 0.05) is 18.5 Å². The Kier molecular flexibility index (Phi) is 4.53. The molecule has 3 unspecified atom stereocenters. The van der Waals surface area contributed by atoms with Gasteiger partial charge in [0.2, 0.25) is 5.91 Å². The molecular formula is C20H27N5O. The number of hydrogen-bond donors (Lipinski definition) is 2. The topological polar surface area (TPSA) is 71.8 Å². The van der Waals surface area contributed by atoms with Crippen LogP contribution < -0.4 is 10.6 Å². The normalized spacial score (nSPS) is 24.3. The summed E-state index contributed by atoms with van der Waals surface area (Å²) in [5.41, 5.74) is 4.28. The highest BCUT2D eigenvalue weighted by atomic mass is 16.1. The third-order valence-electron chi connectivity index (χ3n) is 5.66. The minimum absolute atomic E-state index is 0.0930. The maximum absolute atomic E-state index is 11.8. The Morgan fingerprint density at radius 1 is 1.19 bits per heavy atom. The average molecular weight is 353 g/mol. The lowest BCUT2D eigenvalue weighted by Crippen LogP contribution is -2.55. The standard InChI is InChI=1S/C20H27N5O/c1-12-4-8-16(9-5-12)25-14(3)19(23-24-25)13(2)21-17-10-11-18(26)22-20(17)15-6-7-15/h4-5,8-9,13,15,17,20-21H,6-7,10-11H2,1-3H3,(H,22,26). The third-order valence-corrected chi connectivity index (χ3v) is 5.66. The molecule has 26 heavy (non-hydrogen) atoms. The van der Waals surface area contributed by atoms with E-state index in [2.05, 4.69) is 66.0 Å². The zero-order chi connectivity index (χ0) is 18.3. The van der Waals surface area contributed by atoms with E-state index in [1.54, 1.807) is 0 Å². The molecule has 0 radical (unpaired) electrons. The molecule has 6 nitrogen and oxygen atoms in total. The molecule has 2 heterocycles. The highest BCUT2D eigenvalue weighted by Gasteiger charge is 2.40. The van der Waals surface area contributed by atoms with Gasteiger partial charge in [-0.25, -0.2) is 4.68 Å². The fraction of sp³-hybridized carbons (Fsp3) is 0.550. The molecule has 2 aliphatic rings. The number of nitrogens with zero attached hydrogens (tertiary/aromatic N) is 3. The van der Waals surface area contributed by atoms with Crippen LogP contribution in [0.15, 0.2) is 24.3 Å². The molecule has 0 spiro atoms. The molecule has 1 saturated heterocycles. The maximum Gasteiger partial charge on any atom is 0.220 e. The van der Waals surface area contributed by atoms with Crippen molar-refractivity contribution in [3.05, 3.63) is 41.2 Å². The van der Waals surface area contributed by atoms with Gasteiger partial charge in [-0.05, 0) is 58.1 Å². The van der Waals surface area contributed by atoms with Gasteiger partial charge in [0.05, 0.1) is 17.4 Å². The van der Waals surface area contributed by atoms with Gasteiger partial charge in [-0.2, -0.15) is 0 Å². The van der Waals surface area contributed by atoms with Gasteiger partial charge in [-0.15, -0.1) is 5.10 Å². The Bertz CT molecular complexity index is 793. The van der Waals surface area contributed by atoms with Gasteiger partial charge in [0.15, 0.2) is 0 Å². The Morgan fingerprint density at radius 2 is 1.92 bits per heavy atom. The van der Waals surface area contributed by atoms with Gasteiger partial charge >= 0.3 is 0 Å². The van der Waals surface area contributed by atoms with Gasteiger partial charge in [-0.1, -0.05) is 22.9 Å². The summed E-state index contributed by atoms with van der Waals surface area (Å²) in [5.74, 6) is 0.822. The monoisotopic (exact) mass is 353 g/mol. The number of rotatable bonds is 5. The second-order valence-corrected chi connectivity index (χ2v) is 7.77. The summed E-state index contributed by atoms with van der Waals surface area (Å²) in [7, 11) is 0. The predicted octanol–water partition coefficient (Wildman–Crippen LogP) is 2.59. The van der Waals surface area contributed by atoms with Crippen LogP contribution >= 0.6 is 0 Å². The number of benzene rings is 1. The lowest BCUT2D eigenvalue weighted by Gasteiger charge is -2.35. The van der Waals surface area contributed by atoms with E-state index in [1.165, 1.54) is 18.4 Å². The molecule has 1 aromatic heterocycles. The van der Waals surface area contributed by atoms with Crippen molar-refractivity contribution in [2.24, 2.45) is 5.92 Å². The van der Waals surface area contributed by atoms with Gasteiger partial charge in [0.25, 0.3) is 0 Å². The second-order valence-electron chi connectivity index (χ2n) is 7.77. The first-order valence-corrected chi connectivity index (χ1v) is 9.57. The summed E-state index contributed by atoms with van der Waals surface area (Å²) in [6, 6.07) is 8.96. The maximum atomic E-state index is 11.8. The molecule has 1 aliphatic heterocycles. The zero-order valence-electron chi connectivity index (χ0n) is 15.7. The first-order chi connectivity index (χ1) is 12.5.